The van der Waals surface area contributed by atoms with E-state index in [1.807, 2.05) is 0 Å². The molecule has 0 spiro atoms. The number of nitrogens with one attached hydrogen (secondary N) is 1. The van der Waals surface area contributed by atoms with Crippen LogP contribution in [0.1, 0.15) is 21.6 Å². The Morgan fingerprint density at radius 3 is 2.24 bits per heavy atom. The van der Waals surface area contributed by atoms with Gasteiger partial charge in [0.1, 0.15) is 5.75 Å². The second kappa shape index (κ2) is 8.29. The molecule has 0 bridgehead atoms. The summed E-state index contributed by atoms with van der Waals surface area (Å²) in [5.74, 6) is -0.390. The smallest absolute Gasteiger partial charge is 0.435 e. The van der Waals surface area contributed by atoms with E-state index < -0.39 is 24.4 Å². The molecule has 0 saturated carbocycles. The Labute approximate surface area is 161 Å². The Morgan fingerprint density at radius 2 is 1.69 bits per heavy atom. The lowest BCUT2D eigenvalue weighted by molar-refractivity contribution is -0.141. The molecule has 0 aliphatic rings. The van der Waals surface area contributed by atoms with Gasteiger partial charge in [-0.05, 0) is 48.0 Å². The molecule has 1 aromatic heterocycles. The van der Waals surface area contributed by atoms with Crippen molar-refractivity contribution < 1.29 is 31.5 Å². The molecule has 152 valence electrons. The zero-order chi connectivity index (χ0) is 21.0. The average molecular weight is 411 g/mol. The maximum Gasteiger partial charge on any atom is 0.435 e. The number of hydrogen-bond donors (Lipinski definition) is 1. The second-order valence-corrected chi connectivity index (χ2v) is 5.90. The Kier molecular flexibility index (Phi) is 5.81. The fraction of sp³-hybridized carbons (Fsp3) is 0.158. The quantitative estimate of drug-likeness (QED) is 0.611. The van der Waals surface area contributed by atoms with Crippen molar-refractivity contribution >= 4 is 5.91 Å². The van der Waals surface area contributed by atoms with Crippen LogP contribution in [0.15, 0.2) is 60.8 Å². The van der Waals surface area contributed by atoms with Gasteiger partial charge in [-0.3, -0.25) is 4.79 Å². The highest BCUT2D eigenvalue weighted by atomic mass is 19.4. The molecule has 0 unspecified atom stereocenters. The first-order valence-electron chi connectivity index (χ1n) is 8.27. The molecule has 0 aliphatic carbocycles. The summed E-state index contributed by atoms with van der Waals surface area (Å²) < 4.78 is 67.4. The van der Waals surface area contributed by atoms with Crippen molar-refractivity contribution in [2.75, 3.05) is 0 Å². The van der Waals surface area contributed by atoms with E-state index in [4.69, 9.17) is 0 Å². The van der Waals surface area contributed by atoms with Crippen molar-refractivity contribution in [3.05, 3.63) is 77.6 Å². The lowest BCUT2D eigenvalue weighted by Gasteiger charge is -2.08. The van der Waals surface area contributed by atoms with E-state index in [2.05, 4.69) is 15.2 Å². The maximum absolute atomic E-state index is 12.6. The Balaban J connectivity index is 1.59. The number of nitrogens with zero attached hydrogens (tertiary/aromatic N) is 2. The molecule has 1 N–H and O–H groups in total. The van der Waals surface area contributed by atoms with Crippen LogP contribution in [0.4, 0.5) is 22.0 Å². The number of halogens is 5. The zero-order valence-electron chi connectivity index (χ0n) is 14.7. The number of amides is 1. The molecule has 0 radical (unpaired) electrons. The van der Waals surface area contributed by atoms with Crippen LogP contribution in [0.5, 0.6) is 5.75 Å². The summed E-state index contributed by atoms with van der Waals surface area (Å²) in [4.78, 5) is 12.2. The highest BCUT2D eigenvalue weighted by Crippen LogP contribution is 2.27. The lowest BCUT2D eigenvalue weighted by atomic mass is 10.1. The molecular weight excluding hydrogens is 397 g/mol. The van der Waals surface area contributed by atoms with Gasteiger partial charge in [-0.2, -0.15) is 27.1 Å². The molecule has 29 heavy (non-hydrogen) atoms. The molecule has 3 aromatic rings. The molecule has 0 atom stereocenters. The second-order valence-electron chi connectivity index (χ2n) is 5.90. The topological polar surface area (TPSA) is 56.1 Å². The van der Waals surface area contributed by atoms with E-state index in [9.17, 15) is 26.7 Å². The van der Waals surface area contributed by atoms with Crippen molar-refractivity contribution in [2.45, 2.75) is 19.3 Å². The van der Waals surface area contributed by atoms with Crippen molar-refractivity contribution in [1.29, 1.82) is 0 Å². The molecule has 0 fully saturated rings. The third-order valence-corrected chi connectivity index (χ3v) is 3.88. The van der Waals surface area contributed by atoms with Crippen LogP contribution in [-0.2, 0) is 12.7 Å². The monoisotopic (exact) mass is 411 g/mol. The molecule has 0 saturated heterocycles. The van der Waals surface area contributed by atoms with Crippen LogP contribution < -0.4 is 10.1 Å². The fourth-order valence-electron chi connectivity index (χ4n) is 2.46. The molecule has 1 amide bonds. The fourth-order valence-corrected chi connectivity index (χ4v) is 2.46. The molecule has 3 rings (SSSR count). The van der Waals surface area contributed by atoms with Crippen molar-refractivity contribution in [3.8, 4) is 11.4 Å². The highest BCUT2D eigenvalue weighted by Gasteiger charge is 2.33. The number of rotatable bonds is 6. The number of aromatic nitrogens is 2. The predicted molar refractivity (Wildman–Crippen MR) is 92.8 cm³/mol. The van der Waals surface area contributed by atoms with Crippen LogP contribution in [0, 0.1) is 0 Å². The minimum absolute atomic E-state index is 0.0120. The third kappa shape index (κ3) is 5.31. The minimum Gasteiger partial charge on any atom is -0.435 e. The van der Waals surface area contributed by atoms with Gasteiger partial charge in [-0.25, -0.2) is 4.68 Å². The van der Waals surface area contributed by atoms with Crippen molar-refractivity contribution in [3.63, 3.8) is 0 Å². The summed E-state index contributed by atoms with van der Waals surface area (Å²) >= 11 is 0. The number of hydrogen-bond acceptors (Lipinski definition) is 3. The van der Waals surface area contributed by atoms with Crippen LogP contribution in [0.2, 0.25) is 0 Å². The summed E-state index contributed by atoms with van der Waals surface area (Å²) in [5, 5.41) is 6.12. The first kappa shape index (κ1) is 20.3. The molecular formula is C19H14F5N3O2. The van der Waals surface area contributed by atoms with E-state index in [0.717, 1.165) is 10.7 Å². The van der Waals surface area contributed by atoms with E-state index in [1.54, 1.807) is 0 Å². The SMILES string of the molecule is O=C(NCc1ccc(OC(F)F)cc1)c1ccc(-n2ccc(C(F)(F)F)n2)cc1. The lowest BCUT2D eigenvalue weighted by Crippen LogP contribution is -2.22. The van der Waals surface area contributed by atoms with Crippen LogP contribution in [0.3, 0.4) is 0 Å². The summed E-state index contributed by atoms with van der Waals surface area (Å²) in [6.07, 6.45) is -3.35. The standard InChI is InChI=1S/C19H14F5N3O2/c20-18(21)29-15-7-1-12(2-8-15)11-25-17(28)13-3-5-14(6-4-13)27-10-9-16(26-27)19(22,23)24/h1-10,18H,11H2,(H,25,28). The average Bonchev–Trinajstić information content (AvgIpc) is 3.18. The van der Waals surface area contributed by atoms with Crippen molar-refractivity contribution in [2.24, 2.45) is 0 Å². The van der Waals surface area contributed by atoms with Gasteiger partial charge in [0.05, 0.1) is 5.69 Å². The van der Waals surface area contributed by atoms with Crippen LogP contribution >= 0.6 is 0 Å². The van der Waals surface area contributed by atoms with E-state index >= 15 is 0 Å². The van der Waals surface area contributed by atoms with Gasteiger partial charge >= 0.3 is 12.8 Å². The molecule has 1 heterocycles. The Hall–Kier alpha value is -3.43. The van der Waals surface area contributed by atoms with E-state index in [0.29, 0.717) is 16.8 Å². The molecule has 0 aliphatic heterocycles. The molecule has 5 nitrogen and oxygen atoms in total. The summed E-state index contributed by atoms with van der Waals surface area (Å²) in [5.41, 5.74) is 0.332. The third-order valence-electron chi connectivity index (χ3n) is 3.88. The molecule has 2 aromatic carbocycles. The van der Waals surface area contributed by atoms with Gasteiger partial charge < -0.3 is 10.1 Å². The van der Waals surface area contributed by atoms with Crippen LogP contribution in [0.25, 0.3) is 5.69 Å². The van der Waals surface area contributed by atoms with Gasteiger partial charge in [0.15, 0.2) is 5.69 Å². The zero-order valence-corrected chi connectivity index (χ0v) is 14.7. The van der Waals surface area contributed by atoms with Gasteiger partial charge in [0.25, 0.3) is 5.91 Å². The van der Waals surface area contributed by atoms with E-state index in [-0.39, 0.29) is 12.3 Å². The first-order valence-corrected chi connectivity index (χ1v) is 8.27. The summed E-state index contributed by atoms with van der Waals surface area (Å²) in [6, 6.07) is 12.5. The van der Waals surface area contributed by atoms with Gasteiger partial charge in [0, 0.05) is 18.3 Å². The predicted octanol–water partition coefficient (Wildman–Crippen LogP) is 4.42. The number of carbonyl (C=O) groups is 1. The van der Waals surface area contributed by atoms with Gasteiger partial charge in [-0.15, -0.1) is 0 Å². The molecule has 10 heteroatoms. The Bertz CT molecular complexity index is 967. The number of ether oxygens (including phenoxy) is 1. The highest BCUT2D eigenvalue weighted by molar-refractivity contribution is 5.94. The minimum atomic E-state index is -4.53. The van der Waals surface area contributed by atoms with E-state index in [1.165, 1.54) is 54.7 Å². The normalized spacial score (nSPS) is 11.5. The number of carbonyl (C=O) groups excluding carboxylic acids is 1. The Morgan fingerprint density at radius 1 is 1.03 bits per heavy atom. The van der Waals surface area contributed by atoms with Crippen LogP contribution in [-0.4, -0.2) is 22.3 Å². The first-order chi connectivity index (χ1) is 13.7. The number of benzene rings is 2. The van der Waals surface area contributed by atoms with Gasteiger partial charge in [0.2, 0.25) is 0 Å². The van der Waals surface area contributed by atoms with Crippen molar-refractivity contribution in [1.82, 2.24) is 15.1 Å². The maximum atomic E-state index is 12.6. The van der Waals surface area contributed by atoms with Gasteiger partial charge in [-0.1, -0.05) is 12.1 Å². The number of alkyl halides is 5. The summed E-state index contributed by atoms with van der Waals surface area (Å²) in [6.45, 7) is -2.76. The largest absolute Gasteiger partial charge is 0.435 e. The summed E-state index contributed by atoms with van der Waals surface area (Å²) in [7, 11) is 0.